The smallest absolute Gasteiger partial charge is 0.166 e. The lowest BCUT2D eigenvalue weighted by molar-refractivity contribution is -0.127. The Bertz CT molecular complexity index is 258. The molecule has 2 aliphatic rings. The van der Waals surface area contributed by atoms with Crippen LogP contribution in [0.1, 0.15) is 6.42 Å². The summed E-state index contributed by atoms with van der Waals surface area (Å²) in [5, 5.41) is -0.266. The van der Waals surface area contributed by atoms with Crippen LogP contribution in [-0.4, -0.2) is 50.3 Å². The highest BCUT2D eigenvalue weighted by molar-refractivity contribution is 6.22. The van der Waals surface area contributed by atoms with Crippen molar-refractivity contribution in [2.75, 3.05) is 20.8 Å². The van der Waals surface area contributed by atoms with Gasteiger partial charge in [0, 0.05) is 20.6 Å². The Morgan fingerprint density at radius 2 is 2.00 bits per heavy atom. The number of carbonyl (C=O) groups excluding carboxylic acids is 1. The molecule has 1 aliphatic carbocycles. The van der Waals surface area contributed by atoms with Crippen LogP contribution in [0.5, 0.6) is 0 Å². The first-order chi connectivity index (χ1) is 7.19. The number of carbonyl (C=O) groups is 1. The maximum Gasteiger partial charge on any atom is 0.166 e. The molecule has 0 spiro atoms. The number of Topliss-reactive ketones (excluding diaryl/α,β-unsaturated/α-hetero) is 1. The number of alkyl halides is 1. The normalized spacial score (nSPS) is 45.5. The Morgan fingerprint density at radius 3 is 2.60 bits per heavy atom. The van der Waals surface area contributed by atoms with Gasteiger partial charge >= 0.3 is 0 Å². The van der Waals surface area contributed by atoms with E-state index < -0.39 is 0 Å². The second-order valence-electron chi connectivity index (χ2n) is 4.00. The molecule has 5 atom stereocenters. The Kier molecular flexibility index (Phi) is 3.30. The van der Waals surface area contributed by atoms with Crippen LogP contribution >= 0.6 is 11.6 Å². The van der Waals surface area contributed by atoms with Crippen LogP contribution in [0.2, 0.25) is 0 Å². The van der Waals surface area contributed by atoms with Crippen molar-refractivity contribution >= 4 is 17.4 Å². The third kappa shape index (κ3) is 1.80. The Hall–Kier alpha value is -0.160. The van der Waals surface area contributed by atoms with Crippen molar-refractivity contribution in [2.45, 2.75) is 30.1 Å². The highest BCUT2D eigenvalue weighted by Gasteiger charge is 2.51. The molecule has 0 aromatic heterocycles. The summed E-state index contributed by atoms with van der Waals surface area (Å²) in [7, 11) is 3.22. The van der Waals surface area contributed by atoms with Gasteiger partial charge in [-0.25, -0.2) is 0 Å². The van der Waals surface area contributed by atoms with E-state index in [-0.39, 0.29) is 42.0 Å². The van der Waals surface area contributed by atoms with Crippen molar-refractivity contribution in [3.63, 3.8) is 0 Å². The van der Waals surface area contributed by atoms with E-state index in [0.29, 0.717) is 6.42 Å². The van der Waals surface area contributed by atoms with E-state index in [1.54, 1.807) is 14.2 Å². The molecule has 0 aromatic carbocycles. The number of methoxy groups -OCH3 is 2. The summed E-state index contributed by atoms with van der Waals surface area (Å²) in [6.45, 7) is 0.148. The summed E-state index contributed by atoms with van der Waals surface area (Å²) >= 11 is 6.21. The molecule has 1 aliphatic heterocycles. The molecule has 2 rings (SSSR count). The van der Waals surface area contributed by atoms with Crippen LogP contribution in [0.4, 0.5) is 0 Å². The molecule has 86 valence electrons. The number of hydrogen-bond donors (Lipinski definition) is 0. The highest BCUT2D eigenvalue weighted by Crippen LogP contribution is 2.37. The van der Waals surface area contributed by atoms with Gasteiger partial charge in [-0.15, -0.1) is 11.6 Å². The minimum Gasteiger partial charge on any atom is -0.380 e. The number of halogens is 1. The maximum absolute atomic E-state index is 11.6. The lowest BCUT2D eigenvalue weighted by Gasteiger charge is -2.38. The molecule has 0 amide bonds. The zero-order chi connectivity index (χ0) is 11.0. The van der Waals surface area contributed by atoms with Gasteiger partial charge in [0.15, 0.2) is 5.78 Å². The summed E-state index contributed by atoms with van der Waals surface area (Å²) in [5.41, 5.74) is 0. The van der Waals surface area contributed by atoms with Crippen molar-refractivity contribution in [3.05, 3.63) is 0 Å². The van der Waals surface area contributed by atoms with E-state index >= 15 is 0 Å². The predicted octanol–water partition coefficient (Wildman–Crippen LogP) is 0.612. The van der Waals surface area contributed by atoms with Crippen molar-refractivity contribution in [3.8, 4) is 0 Å². The molecular formula is C10H15ClO4. The van der Waals surface area contributed by atoms with E-state index in [1.807, 2.05) is 0 Å². The van der Waals surface area contributed by atoms with Gasteiger partial charge in [-0.2, -0.15) is 0 Å². The molecule has 1 saturated carbocycles. The van der Waals surface area contributed by atoms with Crippen LogP contribution in [0, 0.1) is 5.92 Å². The molecule has 5 heteroatoms. The second kappa shape index (κ2) is 4.37. The van der Waals surface area contributed by atoms with Gasteiger partial charge in [-0.3, -0.25) is 4.79 Å². The van der Waals surface area contributed by atoms with Gasteiger partial charge in [0.25, 0.3) is 0 Å². The number of fused-ring (bicyclic) bond motifs is 1. The van der Waals surface area contributed by atoms with Gasteiger partial charge in [0.1, 0.15) is 6.61 Å². The Balaban J connectivity index is 2.19. The van der Waals surface area contributed by atoms with Gasteiger partial charge in [-0.1, -0.05) is 0 Å². The minimum atomic E-state index is -0.266. The van der Waals surface area contributed by atoms with E-state index in [9.17, 15) is 4.79 Å². The molecule has 1 heterocycles. The van der Waals surface area contributed by atoms with E-state index in [4.69, 9.17) is 25.8 Å². The average Bonchev–Trinajstić information content (AvgIpc) is 2.63. The maximum atomic E-state index is 11.6. The predicted molar refractivity (Wildman–Crippen MR) is 54.1 cm³/mol. The summed E-state index contributed by atoms with van der Waals surface area (Å²) in [6.07, 6.45) is 0.147. The molecule has 2 fully saturated rings. The van der Waals surface area contributed by atoms with Crippen LogP contribution in [0.25, 0.3) is 0 Å². The van der Waals surface area contributed by atoms with Gasteiger partial charge < -0.3 is 14.2 Å². The van der Waals surface area contributed by atoms with Crippen molar-refractivity contribution < 1.29 is 19.0 Å². The second-order valence-corrected chi connectivity index (χ2v) is 4.50. The first-order valence-corrected chi connectivity index (χ1v) is 5.46. The largest absolute Gasteiger partial charge is 0.380 e. The minimum absolute atomic E-state index is 0.0899. The van der Waals surface area contributed by atoms with Crippen molar-refractivity contribution in [1.29, 1.82) is 0 Å². The topological polar surface area (TPSA) is 44.8 Å². The van der Waals surface area contributed by atoms with Gasteiger partial charge in [0.2, 0.25) is 0 Å². The zero-order valence-corrected chi connectivity index (χ0v) is 9.57. The average molecular weight is 235 g/mol. The fourth-order valence-corrected chi connectivity index (χ4v) is 2.89. The van der Waals surface area contributed by atoms with E-state index in [0.717, 1.165) is 0 Å². The van der Waals surface area contributed by atoms with E-state index in [1.165, 1.54) is 0 Å². The monoisotopic (exact) mass is 234 g/mol. The number of ether oxygens (including phenoxy) is 3. The van der Waals surface area contributed by atoms with Crippen LogP contribution in [0.15, 0.2) is 0 Å². The van der Waals surface area contributed by atoms with Crippen LogP contribution in [0.3, 0.4) is 0 Å². The summed E-state index contributed by atoms with van der Waals surface area (Å²) in [5.74, 6) is -0.129. The quantitative estimate of drug-likeness (QED) is 0.657. The van der Waals surface area contributed by atoms with Crippen LogP contribution in [-0.2, 0) is 19.0 Å². The standard InChI is InChI=1S/C10H15ClO4/c1-13-6-3-7(14-2)9(11)10-8(6)5(12)4-15-10/h6-10H,3-4H2,1-2H3/t6-,7+,8-,9-,10-/m0/s1. The van der Waals surface area contributed by atoms with Gasteiger partial charge in [0.05, 0.1) is 29.6 Å². The summed E-state index contributed by atoms with van der Waals surface area (Å²) < 4.78 is 16.0. The van der Waals surface area contributed by atoms with E-state index in [2.05, 4.69) is 0 Å². The lowest BCUT2D eigenvalue weighted by atomic mass is 9.81. The molecule has 15 heavy (non-hydrogen) atoms. The molecule has 0 radical (unpaired) electrons. The summed E-state index contributed by atoms with van der Waals surface area (Å²) in [6, 6.07) is 0. The first kappa shape index (κ1) is 11.3. The SMILES string of the molecule is CO[C@H]1C[C@@H](OC)[C@H](Cl)[C@H]2OCC(=O)[C@H]21. The lowest BCUT2D eigenvalue weighted by Crippen LogP contribution is -2.51. The van der Waals surface area contributed by atoms with Crippen molar-refractivity contribution in [2.24, 2.45) is 5.92 Å². The first-order valence-electron chi connectivity index (χ1n) is 5.03. The van der Waals surface area contributed by atoms with Crippen LogP contribution < -0.4 is 0 Å². The molecular weight excluding hydrogens is 220 g/mol. The molecule has 0 bridgehead atoms. The third-order valence-electron chi connectivity index (χ3n) is 3.28. The molecule has 1 saturated heterocycles. The number of hydrogen-bond acceptors (Lipinski definition) is 4. The molecule has 0 N–H and O–H groups in total. The van der Waals surface area contributed by atoms with Crippen molar-refractivity contribution in [1.82, 2.24) is 0 Å². The zero-order valence-electron chi connectivity index (χ0n) is 8.81. The molecule has 0 aromatic rings. The number of rotatable bonds is 2. The number of ketones is 1. The molecule has 4 nitrogen and oxygen atoms in total. The fraction of sp³-hybridized carbons (Fsp3) is 0.900. The van der Waals surface area contributed by atoms with Gasteiger partial charge in [-0.05, 0) is 0 Å². The fourth-order valence-electron chi connectivity index (χ4n) is 2.46. The highest BCUT2D eigenvalue weighted by atomic mass is 35.5. The summed E-state index contributed by atoms with van der Waals surface area (Å²) in [4.78, 5) is 11.6. The Labute approximate surface area is 93.8 Å². The Morgan fingerprint density at radius 1 is 1.33 bits per heavy atom. The molecule has 0 unspecified atom stereocenters. The third-order valence-corrected chi connectivity index (χ3v) is 3.81.